The van der Waals surface area contributed by atoms with E-state index in [0.717, 1.165) is 17.2 Å². The zero-order valence-corrected chi connectivity index (χ0v) is 13.2. The predicted molar refractivity (Wildman–Crippen MR) is 83.3 cm³/mol. The molecule has 118 valence electrons. The molecule has 1 aromatic heterocycles. The van der Waals surface area contributed by atoms with E-state index in [1.54, 1.807) is 11.8 Å². The Bertz CT molecular complexity index is 610. The molecule has 0 aliphatic heterocycles. The summed E-state index contributed by atoms with van der Waals surface area (Å²) >= 11 is 0. The Balaban J connectivity index is 1.92. The van der Waals surface area contributed by atoms with Gasteiger partial charge in [0.05, 0.1) is 19.2 Å². The van der Waals surface area contributed by atoms with Gasteiger partial charge in [-0.25, -0.2) is 9.67 Å². The van der Waals surface area contributed by atoms with Gasteiger partial charge in [0.2, 0.25) is 5.91 Å². The van der Waals surface area contributed by atoms with Crippen molar-refractivity contribution in [2.45, 2.75) is 32.9 Å². The fourth-order valence-corrected chi connectivity index (χ4v) is 2.32. The number of aryl methyl sites for hydroxylation is 3. The summed E-state index contributed by atoms with van der Waals surface area (Å²) < 4.78 is 6.95. The fourth-order valence-electron chi connectivity index (χ4n) is 2.32. The van der Waals surface area contributed by atoms with Gasteiger partial charge in [0.15, 0.2) is 0 Å². The molecule has 2 rings (SSSR count). The van der Waals surface area contributed by atoms with E-state index in [1.165, 1.54) is 0 Å². The molecule has 0 radical (unpaired) electrons. The normalized spacial score (nSPS) is 12.1. The van der Waals surface area contributed by atoms with Gasteiger partial charge in [-0.05, 0) is 19.4 Å². The van der Waals surface area contributed by atoms with Crippen molar-refractivity contribution < 1.29 is 9.53 Å². The van der Waals surface area contributed by atoms with E-state index in [0.29, 0.717) is 19.6 Å². The number of nitrogens with one attached hydrogen (secondary N) is 1. The Morgan fingerprint density at radius 3 is 2.64 bits per heavy atom. The molecule has 0 bridgehead atoms. The molecule has 0 saturated heterocycles. The van der Waals surface area contributed by atoms with E-state index in [4.69, 9.17) is 4.74 Å². The monoisotopic (exact) mass is 302 g/mol. The topological polar surface area (TPSA) is 69.0 Å². The Hall–Kier alpha value is -2.21. The van der Waals surface area contributed by atoms with Crippen molar-refractivity contribution in [3.05, 3.63) is 47.5 Å². The highest BCUT2D eigenvalue weighted by atomic mass is 16.5. The zero-order chi connectivity index (χ0) is 15.9. The summed E-state index contributed by atoms with van der Waals surface area (Å²) in [6.45, 7) is 4.69. The molecule has 0 aliphatic rings. The SMILES string of the molecule is COCC(NC(=O)CCn1nc(C)nc1C)c1ccccc1. The minimum atomic E-state index is -0.141. The number of amides is 1. The van der Waals surface area contributed by atoms with Gasteiger partial charge in [-0.2, -0.15) is 5.10 Å². The Labute approximate surface area is 130 Å². The van der Waals surface area contributed by atoms with Gasteiger partial charge in [-0.15, -0.1) is 0 Å². The average Bonchev–Trinajstić information content (AvgIpc) is 2.83. The Kier molecular flexibility index (Phi) is 5.66. The van der Waals surface area contributed by atoms with Crippen molar-refractivity contribution in [3.8, 4) is 0 Å². The summed E-state index contributed by atoms with van der Waals surface area (Å²) in [4.78, 5) is 16.4. The molecule has 1 unspecified atom stereocenters. The van der Waals surface area contributed by atoms with E-state index in [-0.39, 0.29) is 11.9 Å². The maximum absolute atomic E-state index is 12.2. The molecule has 0 saturated carbocycles. The first-order valence-corrected chi connectivity index (χ1v) is 7.31. The minimum absolute atomic E-state index is 0.0292. The quantitative estimate of drug-likeness (QED) is 0.846. The van der Waals surface area contributed by atoms with Crippen LogP contribution in [0.5, 0.6) is 0 Å². The molecule has 1 atom stereocenters. The number of carbonyl (C=O) groups excluding carboxylic acids is 1. The van der Waals surface area contributed by atoms with Gasteiger partial charge in [0, 0.05) is 13.5 Å². The third-order valence-electron chi connectivity index (χ3n) is 3.38. The first kappa shape index (κ1) is 16.2. The summed E-state index contributed by atoms with van der Waals surface area (Å²) in [5.41, 5.74) is 1.03. The standard InChI is InChI=1S/C16H22N4O2/c1-12-17-13(2)20(19-12)10-9-16(21)18-15(11-22-3)14-7-5-4-6-8-14/h4-8,15H,9-11H2,1-3H3,(H,18,21). The number of rotatable bonds is 7. The largest absolute Gasteiger partial charge is 0.382 e. The van der Waals surface area contributed by atoms with Crippen LogP contribution in [0.15, 0.2) is 30.3 Å². The van der Waals surface area contributed by atoms with Crippen LogP contribution in [-0.2, 0) is 16.1 Å². The number of hydrogen-bond acceptors (Lipinski definition) is 4. The van der Waals surface area contributed by atoms with Crippen LogP contribution in [0, 0.1) is 13.8 Å². The van der Waals surface area contributed by atoms with Crippen molar-refractivity contribution in [1.82, 2.24) is 20.1 Å². The number of carbonyl (C=O) groups is 1. The van der Waals surface area contributed by atoms with E-state index in [9.17, 15) is 4.79 Å². The molecule has 2 aromatic rings. The third-order valence-corrected chi connectivity index (χ3v) is 3.38. The Morgan fingerprint density at radius 1 is 1.32 bits per heavy atom. The van der Waals surface area contributed by atoms with Crippen LogP contribution in [0.1, 0.15) is 29.7 Å². The fraction of sp³-hybridized carbons (Fsp3) is 0.438. The van der Waals surface area contributed by atoms with Crippen LogP contribution in [0.3, 0.4) is 0 Å². The maximum Gasteiger partial charge on any atom is 0.222 e. The average molecular weight is 302 g/mol. The summed E-state index contributed by atoms with van der Waals surface area (Å²) in [5, 5.41) is 7.26. The van der Waals surface area contributed by atoms with Crippen LogP contribution >= 0.6 is 0 Å². The lowest BCUT2D eigenvalue weighted by Crippen LogP contribution is -2.32. The van der Waals surface area contributed by atoms with Gasteiger partial charge in [0.1, 0.15) is 11.6 Å². The summed E-state index contributed by atoms with van der Waals surface area (Å²) in [5.74, 6) is 1.51. The maximum atomic E-state index is 12.2. The number of hydrogen-bond donors (Lipinski definition) is 1. The molecule has 1 heterocycles. The van der Waals surface area contributed by atoms with E-state index in [1.807, 2.05) is 44.2 Å². The van der Waals surface area contributed by atoms with Crippen LogP contribution in [0.25, 0.3) is 0 Å². The van der Waals surface area contributed by atoms with Crippen molar-refractivity contribution in [2.75, 3.05) is 13.7 Å². The van der Waals surface area contributed by atoms with Crippen LogP contribution in [0.2, 0.25) is 0 Å². The highest BCUT2D eigenvalue weighted by molar-refractivity contribution is 5.76. The summed E-state index contributed by atoms with van der Waals surface area (Å²) in [6.07, 6.45) is 0.358. The lowest BCUT2D eigenvalue weighted by Gasteiger charge is -2.18. The van der Waals surface area contributed by atoms with Crippen LogP contribution in [0.4, 0.5) is 0 Å². The molecule has 1 amide bonds. The summed E-state index contributed by atoms with van der Waals surface area (Å²) in [7, 11) is 1.63. The van der Waals surface area contributed by atoms with E-state index in [2.05, 4.69) is 15.4 Å². The molecule has 6 heteroatoms. The molecular weight excluding hydrogens is 280 g/mol. The van der Waals surface area contributed by atoms with Gasteiger partial charge >= 0.3 is 0 Å². The number of nitrogens with zero attached hydrogens (tertiary/aromatic N) is 3. The Morgan fingerprint density at radius 2 is 2.05 bits per heavy atom. The molecule has 0 aliphatic carbocycles. The first-order chi connectivity index (χ1) is 10.6. The molecule has 6 nitrogen and oxygen atoms in total. The van der Waals surface area contributed by atoms with Crippen LogP contribution in [-0.4, -0.2) is 34.4 Å². The molecular formula is C16H22N4O2. The number of methoxy groups -OCH3 is 1. The number of benzene rings is 1. The van der Waals surface area contributed by atoms with Crippen molar-refractivity contribution in [1.29, 1.82) is 0 Å². The second-order valence-corrected chi connectivity index (χ2v) is 5.17. The molecule has 0 fully saturated rings. The minimum Gasteiger partial charge on any atom is -0.382 e. The van der Waals surface area contributed by atoms with Crippen molar-refractivity contribution in [3.63, 3.8) is 0 Å². The first-order valence-electron chi connectivity index (χ1n) is 7.31. The van der Waals surface area contributed by atoms with Gasteiger partial charge < -0.3 is 10.1 Å². The number of aromatic nitrogens is 3. The molecule has 1 aromatic carbocycles. The highest BCUT2D eigenvalue weighted by Crippen LogP contribution is 2.13. The lowest BCUT2D eigenvalue weighted by atomic mass is 10.1. The predicted octanol–water partition coefficient (Wildman–Crippen LogP) is 1.79. The second-order valence-electron chi connectivity index (χ2n) is 5.17. The smallest absolute Gasteiger partial charge is 0.222 e. The van der Waals surface area contributed by atoms with Crippen LogP contribution < -0.4 is 5.32 Å². The zero-order valence-electron chi connectivity index (χ0n) is 13.2. The third kappa shape index (κ3) is 4.39. The highest BCUT2D eigenvalue weighted by Gasteiger charge is 2.14. The van der Waals surface area contributed by atoms with Crippen molar-refractivity contribution in [2.24, 2.45) is 0 Å². The lowest BCUT2D eigenvalue weighted by molar-refractivity contribution is -0.122. The number of ether oxygens (including phenoxy) is 1. The molecule has 1 N–H and O–H groups in total. The van der Waals surface area contributed by atoms with E-state index < -0.39 is 0 Å². The van der Waals surface area contributed by atoms with Gasteiger partial charge in [-0.1, -0.05) is 30.3 Å². The second kappa shape index (κ2) is 7.70. The molecule has 0 spiro atoms. The van der Waals surface area contributed by atoms with Gasteiger partial charge in [-0.3, -0.25) is 4.79 Å². The van der Waals surface area contributed by atoms with Gasteiger partial charge in [0.25, 0.3) is 0 Å². The van der Waals surface area contributed by atoms with E-state index >= 15 is 0 Å². The van der Waals surface area contributed by atoms with Crippen molar-refractivity contribution >= 4 is 5.91 Å². The summed E-state index contributed by atoms with van der Waals surface area (Å²) in [6, 6.07) is 9.67. The molecule has 22 heavy (non-hydrogen) atoms.